The molecule has 1 aliphatic heterocycles. The average molecular weight is 249 g/mol. The van der Waals surface area contributed by atoms with Crippen LogP contribution in [0.4, 0.5) is 4.39 Å². The highest BCUT2D eigenvalue weighted by molar-refractivity contribution is 5.40. The van der Waals surface area contributed by atoms with Gasteiger partial charge in [0.25, 0.3) is 0 Å². The lowest BCUT2D eigenvalue weighted by molar-refractivity contribution is 0.0408. The first-order valence-corrected chi connectivity index (χ1v) is 6.71. The highest BCUT2D eigenvalue weighted by Crippen LogP contribution is 2.48. The molecule has 1 fully saturated rings. The van der Waals surface area contributed by atoms with Crippen LogP contribution in [0.15, 0.2) is 18.2 Å². The van der Waals surface area contributed by atoms with Crippen molar-refractivity contribution in [2.75, 3.05) is 20.6 Å². The highest BCUT2D eigenvalue weighted by atomic mass is 19.1. The number of benzene rings is 1. The summed E-state index contributed by atoms with van der Waals surface area (Å²) in [5.74, 6) is 1.29. The number of nitrogens with zero attached hydrogens (tertiary/aromatic N) is 1. The standard InChI is InChI=1S/C15H20FNO/c1-17(2)10-12-4-3-7-15(12)9-11-8-13(16)5-6-14(11)18-15/h5-6,8,12H,3-4,7,9-10H2,1-2H3. The molecule has 1 heterocycles. The molecule has 0 radical (unpaired) electrons. The first-order valence-electron chi connectivity index (χ1n) is 6.71. The molecule has 0 amide bonds. The van der Waals surface area contributed by atoms with Crippen LogP contribution >= 0.6 is 0 Å². The zero-order valence-corrected chi connectivity index (χ0v) is 11.1. The van der Waals surface area contributed by atoms with Gasteiger partial charge in [-0.1, -0.05) is 0 Å². The summed E-state index contributed by atoms with van der Waals surface area (Å²) in [5, 5.41) is 0. The fraction of sp³-hybridized carbons (Fsp3) is 0.600. The monoisotopic (exact) mass is 249 g/mol. The van der Waals surface area contributed by atoms with Gasteiger partial charge < -0.3 is 9.64 Å². The number of hydrogen-bond acceptors (Lipinski definition) is 2. The topological polar surface area (TPSA) is 12.5 Å². The second-order valence-electron chi connectivity index (χ2n) is 5.95. The quantitative estimate of drug-likeness (QED) is 0.799. The lowest BCUT2D eigenvalue weighted by Crippen LogP contribution is -2.42. The van der Waals surface area contributed by atoms with E-state index >= 15 is 0 Å². The summed E-state index contributed by atoms with van der Waals surface area (Å²) >= 11 is 0. The molecule has 18 heavy (non-hydrogen) atoms. The predicted octanol–water partition coefficient (Wildman–Crippen LogP) is 2.86. The molecule has 0 aromatic heterocycles. The molecular weight excluding hydrogens is 229 g/mol. The Morgan fingerprint density at radius 2 is 2.28 bits per heavy atom. The normalized spacial score (nSPS) is 29.9. The molecule has 3 heteroatoms. The van der Waals surface area contributed by atoms with E-state index in [-0.39, 0.29) is 11.4 Å². The van der Waals surface area contributed by atoms with Crippen LogP contribution in [0.2, 0.25) is 0 Å². The number of ether oxygens (including phenoxy) is 1. The van der Waals surface area contributed by atoms with E-state index in [1.165, 1.54) is 18.9 Å². The minimum absolute atomic E-state index is 0.0691. The largest absolute Gasteiger partial charge is 0.486 e. The third kappa shape index (κ3) is 1.91. The van der Waals surface area contributed by atoms with E-state index in [1.54, 1.807) is 12.1 Å². The van der Waals surface area contributed by atoms with Crippen molar-refractivity contribution in [2.24, 2.45) is 5.92 Å². The highest BCUT2D eigenvalue weighted by Gasteiger charge is 2.49. The van der Waals surface area contributed by atoms with Crippen molar-refractivity contribution in [1.29, 1.82) is 0 Å². The van der Waals surface area contributed by atoms with Gasteiger partial charge in [0, 0.05) is 24.4 Å². The molecule has 1 aromatic rings. The van der Waals surface area contributed by atoms with E-state index in [0.29, 0.717) is 5.92 Å². The molecule has 1 aliphatic carbocycles. The van der Waals surface area contributed by atoms with E-state index in [2.05, 4.69) is 19.0 Å². The Bertz CT molecular complexity index is 460. The molecule has 2 atom stereocenters. The first kappa shape index (κ1) is 12.0. The number of hydrogen-bond donors (Lipinski definition) is 0. The minimum atomic E-state index is -0.156. The van der Waals surface area contributed by atoms with Crippen molar-refractivity contribution in [1.82, 2.24) is 4.90 Å². The van der Waals surface area contributed by atoms with Crippen molar-refractivity contribution in [3.8, 4) is 5.75 Å². The van der Waals surface area contributed by atoms with Gasteiger partial charge in [-0.05, 0) is 51.6 Å². The van der Waals surface area contributed by atoms with Gasteiger partial charge in [-0.2, -0.15) is 0 Å². The summed E-state index contributed by atoms with van der Waals surface area (Å²) in [6.45, 7) is 1.05. The molecule has 0 saturated heterocycles. The van der Waals surface area contributed by atoms with Gasteiger partial charge in [-0.15, -0.1) is 0 Å². The van der Waals surface area contributed by atoms with Crippen LogP contribution < -0.4 is 4.74 Å². The van der Waals surface area contributed by atoms with Gasteiger partial charge in [0.1, 0.15) is 17.2 Å². The van der Waals surface area contributed by atoms with Gasteiger partial charge in [0.2, 0.25) is 0 Å². The molecule has 0 N–H and O–H groups in total. The number of fused-ring (bicyclic) bond motifs is 1. The van der Waals surface area contributed by atoms with Crippen LogP contribution in [0.3, 0.4) is 0 Å². The van der Waals surface area contributed by atoms with Crippen molar-refractivity contribution < 1.29 is 9.13 Å². The molecule has 98 valence electrons. The predicted molar refractivity (Wildman–Crippen MR) is 69.4 cm³/mol. The Hall–Kier alpha value is -1.09. The molecule has 1 saturated carbocycles. The molecule has 2 nitrogen and oxygen atoms in total. The Morgan fingerprint density at radius 3 is 3.06 bits per heavy atom. The van der Waals surface area contributed by atoms with E-state index in [9.17, 15) is 4.39 Å². The summed E-state index contributed by atoms with van der Waals surface area (Å²) in [7, 11) is 4.21. The first-order chi connectivity index (χ1) is 8.59. The van der Waals surface area contributed by atoms with Crippen LogP contribution in [0.1, 0.15) is 24.8 Å². The third-order valence-electron chi connectivity index (χ3n) is 4.31. The minimum Gasteiger partial charge on any atom is -0.486 e. The Morgan fingerprint density at radius 1 is 1.44 bits per heavy atom. The van der Waals surface area contributed by atoms with Gasteiger partial charge >= 0.3 is 0 Å². The fourth-order valence-corrected chi connectivity index (χ4v) is 3.54. The van der Waals surface area contributed by atoms with E-state index in [1.807, 2.05) is 0 Å². The van der Waals surface area contributed by atoms with Crippen molar-refractivity contribution in [2.45, 2.75) is 31.3 Å². The maximum absolute atomic E-state index is 13.3. The van der Waals surface area contributed by atoms with Crippen LogP contribution in [0.25, 0.3) is 0 Å². The van der Waals surface area contributed by atoms with E-state index < -0.39 is 0 Å². The van der Waals surface area contributed by atoms with Gasteiger partial charge in [-0.25, -0.2) is 4.39 Å². The van der Waals surface area contributed by atoms with Crippen LogP contribution in [-0.4, -0.2) is 31.1 Å². The SMILES string of the molecule is CN(C)CC1CCCC12Cc1cc(F)ccc1O2. The maximum atomic E-state index is 13.3. The Balaban J connectivity index is 1.86. The molecule has 1 spiro atoms. The van der Waals surface area contributed by atoms with E-state index in [4.69, 9.17) is 4.74 Å². The van der Waals surface area contributed by atoms with Crippen molar-refractivity contribution in [3.05, 3.63) is 29.6 Å². The van der Waals surface area contributed by atoms with E-state index in [0.717, 1.165) is 30.7 Å². The summed E-state index contributed by atoms with van der Waals surface area (Å²) in [4.78, 5) is 2.23. The lowest BCUT2D eigenvalue weighted by atomic mass is 9.86. The Kier molecular flexibility index (Phi) is 2.81. The zero-order chi connectivity index (χ0) is 12.8. The molecule has 1 aromatic carbocycles. The third-order valence-corrected chi connectivity index (χ3v) is 4.31. The summed E-state index contributed by atoms with van der Waals surface area (Å²) < 4.78 is 19.5. The molecule has 2 aliphatic rings. The second kappa shape index (κ2) is 4.23. The fourth-order valence-electron chi connectivity index (χ4n) is 3.54. The smallest absolute Gasteiger partial charge is 0.123 e. The molecular formula is C15H20FNO. The molecule has 0 bridgehead atoms. The van der Waals surface area contributed by atoms with Crippen LogP contribution in [-0.2, 0) is 6.42 Å². The van der Waals surface area contributed by atoms with Gasteiger partial charge in [0.15, 0.2) is 0 Å². The summed E-state index contributed by atoms with van der Waals surface area (Å²) in [5.41, 5.74) is 0.973. The summed E-state index contributed by atoms with van der Waals surface area (Å²) in [6, 6.07) is 4.91. The lowest BCUT2D eigenvalue weighted by Gasteiger charge is -2.32. The Labute approximate surface area is 108 Å². The molecule has 3 rings (SSSR count). The van der Waals surface area contributed by atoms with Crippen molar-refractivity contribution in [3.63, 3.8) is 0 Å². The van der Waals surface area contributed by atoms with Crippen LogP contribution in [0.5, 0.6) is 5.75 Å². The maximum Gasteiger partial charge on any atom is 0.123 e. The van der Waals surface area contributed by atoms with Gasteiger partial charge in [-0.3, -0.25) is 0 Å². The second-order valence-corrected chi connectivity index (χ2v) is 5.95. The number of rotatable bonds is 2. The zero-order valence-electron chi connectivity index (χ0n) is 11.1. The summed E-state index contributed by atoms with van der Waals surface area (Å²) in [6.07, 6.45) is 4.41. The van der Waals surface area contributed by atoms with Gasteiger partial charge in [0.05, 0.1) is 0 Å². The average Bonchev–Trinajstić information content (AvgIpc) is 2.83. The number of halogens is 1. The van der Waals surface area contributed by atoms with Crippen molar-refractivity contribution >= 4 is 0 Å². The van der Waals surface area contributed by atoms with Crippen LogP contribution in [0, 0.1) is 11.7 Å². The molecule has 2 unspecified atom stereocenters.